The first kappa shape index (κ1) is 19.3. The van der Waals surface area contributed by atoms with Crippen LogP contribution in [0.1, 0.15) is 33.5 Å². The molecule has 0 bridgehead atoms. The fourth-order valence-electron chi connectivity index (χ4n) is 2.76. The lowest BCUT2D eigenvalue weighted by Gasteiger charge is -2.09. The third kappa shape index (κ3) is 5.77. The first-order valence-electron chi connectivity index (χ1n) is 9.23. The number of amides is 2. The molecular formula is C23H23N3O2. The van der Waals surface area contributed by atoms with E-state index >= 15 is 0 Å². The number of pyridine rings is 1. The predicted octanol–water partition coefficient (Wildman–Crippen LogP) is 3.89. The number of anilines is 1. The van der Waals surface area contributed by atoms with E-state index in [-0.39, 0.29) is 11.8 Å². The number of hydrogen-bond donors (Lipinski definition) is 2. The van der Waals surface area contributed by atoms with Gasteiger partial charge >= 0.3 is 0 Å². The molecule has 2 amide bonds. The number of benzene rings is 2. The zero-order valence-corrected chi connectivity index (χ0v) is 15.8. The van der Waals surface area contributed by atoms with Gasteiger partial charge in [-0.2, -0.15) is 0 Å². The molecule has 2 aromatic carbocycles. The van der Waals surface area contributed by atoms with E-state index in [1.54, 1.807) is 24.5 Å². The zero-order valence-electron chi connectivity index (χ0n) is 15.8. The lowest BCUT2D eigenvalue weighted by Crippen LogP contribution is -2.23. The average molecular weight is 373 g/mol. The van der Waals surface area contributed by atoms with Gasteiger partial charge in [0.1, 0.15) is 0 Å². The van der Waals surface area contributed by atoms with E-state index in [1.165, 1.54) is 0 Å². The molecule has 0 radical (unpaired) electrons. The summed E-state index contributed by atoms with van der Waals surface area (Å²) in [4.78, 5) is 28.4. The molecule has 0 aliphatic heterocycles. The van der Waals surface area contributed by atoms with E-state index in [1.807, 2.05) is 55.5 Å². The topological polar surface area (TPSA) is 71.1 Å². The van der Waals surface area contributed by atoms with Gasteiger partial charge in [0.05, 0.1) is 0 Å². The third-order valence-corrected chi connectivity index (χ3v) is 4.35. The molecule has 0 saturated carbocycles. The summed E-state index contributed by atoms with van der Waals surface area (Å²) < 4.78 is 0. The molecule has 1 heterocycles. The van der Waals surface area contributed by atoms with Crippen molar-refractivity contribution in [1.82, 2.24) is 10.3 Å². The predicted molar refractivity (Wildman–Crippen MR) is 110 cm³/mol. The Morgan fingerprint density at radius 2 is 1.75 bits per heavy atom. The fourth-order valence-corrected chi connectivity index (χ4v) is 2.76. The molecule has 0 saturated heterocycles. The Labute approximate surface area is 164 Å². The minimum atomic E-state index is -0.155. The summed E-state index contributed by atoms with van der Waals surface area (Å²) in [5.41, 5.74) is 4.39. The second kappa shape index (κ2) is 9.46. The SMILES string of the molecule is Cc1ccc(C(=O)Nc2cccc(CNC(=O)CCc3cccnc3)c2)cc1. The molecule has 1 aromatic heterocycles. The average Bonchev–Trinajstić information content (AvgIpc) is 2.72. The van der Waals surface area contributed by atoms with Gasteiger partial charge in [-0.3, -0.25) is 14.6 Å². The fraction of sp³-hybridized carbons (Fsp3) is 0.174. The number of aromatic nitrogens is 1. The highest BCUT2D eigenvalue weighted by Crippen LogP contribution is 2.13. The molecule has 5 nitrogen and oxygen atoms in total. The Kier molecular flexibility index (Phi) is 6.52. The molecule has 3 aromatic rings. The smallest absolute Gasteiger partial charge is 0.255 e. The van der Waals surface area contributed by atoms with Crippen molar-refractivity contribution in [2.45, 2.75) is 26.3 Å². The van der Waals surface area contributed by atoms with Crippen LogP contribution in [0, 0.1) is 6.92 Å². The van der Waals surface area contributed by atoms with E-state index < -0.39 is 0 Å². The van der Waals surface area contributed by atoms with Crippen molar-refractivity contribution in [3.63, 3.8) is 0 Å². The highest BCUT2D eigenvalue weighted by atomic mass is 16.2. The van der Waals surface area contributed by atoms with Crippen LogP contribution in [0.25, 0.3) is 0 Å². The summed E-state index contributed by atoms with van der Waals surface area (Å²) in [6, 6.07) is 18.7. The molecule has 3 rings (SSSR count). The van der Waals surface area contributed by atoms with E-state index in [9.17, 15) is 9.59 Å². The van der Waals surface area contributed by atoms with Gasteiger partial charge in [-0.1, -0.05) is 35.9 Å². The summed E-state index contributed by atoms with van der Waals surface area (Å²) in [5.74, 6) is -0.171. The van der Waals surface area contributed by atoms with Gasteiger partial charge in [-0.25, -0.2) is 0 Å². The van der Waals surface area contributed by atoms with Gasteiger partial charge in [-0.15, -0.1) is 0 Å². The zero-order chi connectivity index (χ0) is 19.8. The van der Waals surface area contributed by atoms with Gasteiger partial charge in [0.25, 0.3) is 5.91 Å². The molecule has 5 heteroatoms. The van der Waals surface area contributed by atoms with Crippen molar-refractivity contribution in [2.24, 2.45) is 0 Å². The second-order valence-corrected chi connectivity index (χ2v) is 6.66. The number of hydrogen-bond acceptors (Lipinski definition) is 3. The summed E-state index contributed by atoms with van der Waals surface area (Å²) >= 11 is 0. The maximum Gasteiger partial charge on any atom is 0.255 e. The molecule has 0 fully saturated rings. The normalized spacial score (nSPS) is 10.3. The van der Waals surface area contributed by atoms with Crippen LogP contribution in [0.5, 0.6) is 0 Å². The number of aryl methyl sites for hydroxylation is 2. The van der Waals surface area contributed by atoms with E-state index in [0.29, 0.717) is 30.6 Å². The maximum absolute atomic E-state index is 12.3. The summed E-state index contributed by atoms with van der Waals surface area (Å²) in [5, 5.41) is 5.81. The summed E-state index contributed by atoms with van der Waals surface area (Å²) in [7, 11) is 0. The summed E-state index contributed by atoms with van der Waals surface area (Å²) in [6.07, 6.45) is 4.56. The molecule has 0 spiro atoms. The minimum absolute atomic E-state index is 0.0158. The van der Waals surface area contributed by atoms with Crippen LogP contribution in [0.2, 0.25) is 0 Å². The number of carbonyl (C=O) groups excluding carboxylic acids is 2. The molecule has 0 unspecified atom stereocenters. The number of carbonyl (C=O) groups is 2. The van der Waals surface area contributed by atoms with Crippen LogP contribution in [0.15, 0.2) is 73.1 Å². The molecule has 0 aliphatic rings. The lowest BCUT2D eigenvalue weighted by molar-refractivity contribution is -0.121. The minimum Gasteiger partial charge on any atom is -0.352 e. The van der Waals surface area contributed by atoms with E-state index in [4.69, 9.17) is 0 Å². The third-order valence-electron chi connectivity index (χ3n) is 4.35. The first-order chi connectivity index (χ1) is 13.6. The monoisotopic (exact) mass is 373 g/mol. The number of rotatable bonds is 7. The van der Waals surface area contributed by atoms with Crippen molar-refractivity contribution in [2.75, 3.05) is 5.32 Å². The van der Waals surface area contributed by atoms with Gasteiger partial charge in [0.15, 0.2) is 0 Å². The molecule has 0 atom stereocenters. The standard InChI is InChI=1S/C23H23N3O2/c1-17-7-10-20(11-8-17)23(28)26-21-6-2-4-19(14-21)16-25-22(27)12-9-18-5-3-13-24-15-18/h2-8,10-11,13-15H,9,12,16H2,1H3,(H,25,27)(H,26,28). The van der Waals surface area contributed by atoms with Crippen molar-refractivity contribution < 1.29 is 9.59 Å². The van der Waals surface area contributed by atoms with E-state index in [0.717, 1.165) is 16.7 Å². The Bertz CT molecular complexity index is 938. The lowest BCUT2D eigenvalue weighted by atomic mass is 10.1. The van der Waals surface area contributed by atoms with Crippen molar-refractivity contribution in [3.8, 4) is 0 Å². The molecule has 28 heavy (non-hydrogen) atoms. The van der Waals surface area contributed by atoms with Crippen LogP contribution < -0.4 is 10.6 Å². The van der Waals surface area contributed by atoms with Crippen LogP contribution in [-0.2, 0) is 17.8 Å². The number of nitrogens with one attached hydrogen (secondary N) is 2. The molecular weight excluding hydrogens is 350 g/mol. The van der Waals surface area contributed by atoms with E-state index in [2.05, 4.69) is 15.6 Å². The van der Waals surface area contributed by atoms with Crippen LogP contribution >= 0.6 is 0 Å². The van der Waals surface area contributed by atoms with Crippen LogP contribution in [0.3, 0.4) is 0 Å². The van der Waals surface area contributed by atoms with Gasteiger partial charge in [0, 0.05) is 36.6 Å². The molecule has 0 aliphatic carbocycles. The van der Waals surface area contributed by atoms with Gasteiger partial charge < -0.3 is 10.6 Å². The first-order valence-corrected chi connectivity index (χ1v) is 9.23. The van der Waals surface area contributed by atoms with Gasteiger partial charge in [-0.05, 0) is 54.8 Å². The Balaban J connectivity index is 1.51. The molecule has 142 valence electrons. The Morgan fingerprint density at radius 1 is 0.964 bits per heavy atom. The Hall–Kier alpha value is -3.47. The molecule has 2 N–H and O–H groups in total. The largest absolute Gasteiger partial charge is 0.352 e. The summed E-state index contributed by atoms with van der Waals surface area (Å²) in [6.45, 7) is 2.40. The van der Waals surface area contributed by atoms with Crippen molar-refractivity contribution >= 4 is 17.5 Å². The number of nitrogens with zero attached hydrogens (tertiary/aromatic N) is 1. The second-order valence-electron chi connectivity index (χ2n) is 6.66. The van der Waals surface area contributed by atoms with Crippen molar-refractivity contribution in [3.05, 3.63) is 95.3 Å². The highest BCUT2D eigenvalue weighted by molar-refractivity contribution is 6.04. The van der Waals surface area contributed by atoms with Crippen molar-refractivity contribution in [1.29, 1.82) is 0 Å². The van der Waals surface area contributed by atoms with Crippen LogP contribution in [-0.4, -0.2) is 16.8 Å². The van der Waals surface area contributed by atoms with Crippen LogP contribution in [0.4, 0.5) is 5.69 Å². The van der Waals surface area contributed by atoms with Gasteiger partial charge in [0.2, 0.25) is 5.91 Å². The highest BCUT2D eigenvalue weighted by Gasteiger charge is 2.07. The Morgan fingerprint density at radius 3 is 2.50 bits per heavy atom. The quantitative estimate of drug-likeness (QED) is 0.660. The maximum atomic E-state index is 12.3.